The largest absolute Gasteiger partial charge is 0.444 e. The van der Waals surface area contributed by atoms with Crippen LogP contribution in [0, 0.1) is 0 Å². The van der Waals surface area contributed by atoms with E-state index in [4.69, 9.17) is 4.74 Å². The average molecular weight is 327 g/mol. The molecule has 0 spiro atoms. The lowest BCUT2D eigenvalue weighted by Crippen LogP contribution is -2.27. The fraction of sp³-hybridized carbons (Fsp3) is 0.368. The standard InChI is InChI=1S/C19H25N3O2/c1-5-22(14-15-9-7-6-8-10-15)16-11-12-17(20-13-16)21-18(23)24-19(2,3)4/h6-13H,5,14H2,1-4H3,(H,20,21,23). The molecule has 24 heavy (non-hydrogen) atoms. The highest BCUT2D eigenvalue weighted by molar-refractivity contribution is 5.83. The zero-order valence-corrected chi connectivity index (χ0v) is 14.7. The Bertz CT molecular complexity index is 649. The number of hydrogen-bond acceptors (Lipinski definition) is 4. The lowest BCUT2D eigenvalue weighted by Gasteiger charge is -2.23. The quantitative estimate of drug-likeness (QED) is 0.881. The van der Waals surface area contributed by atoms with Gasteiger partial charge in [0.05, 0.1) is 11.9 Å². The molecule has 1 amide bonds. The van der Waals surface area contributed by atoms with Gasteiger partial charge in [-0.25, -0.2) is 9.78 Å². The first kappa shape index (κ1) is 17.8. The van der Waals surface area contributed by atoms with Crippen molar-refractivity contribution in [2.24, 2.45) is 0 Å². The van der Waals surface area contributed by atoms with Gasteiger partial charge in [-0.15, -0.1) is 0 Å². The summed E-state index contributed by atoms with van der Waals surface area (Å²) >= 11 is 0. The Labute approximate surface area is 143 Å². The first-order valence-electron chi connectivity index (χ1n) is 8.12. The molecule has 0 radical (unpaired) electrons. The zero-order chi connectivity index (χ0) is 17.6. The second-order valence-corrected chi connectivity index (χ2v) is 6.53. The van der Waals surface area contributed by atoms with Gasteiger partial charge in [-0.05, 0) is 45.4 Å². The maximum absolute atomic E-state index is 11.8. The van der Waals surface area contributed by atoms with E-state index in [-0.39, 0.29) is 0 Å². The predicted molar refractivity (Wildman–Crippen MR) is 97.3 cm³/mol. The summed E-state index contributed by atoms with van der Waals surface area (Å²) in [5.41, 5.74) is 1.73. The average Bonchev–Trinajstić information content (AvgIpc) is 2.52. The maximum Gasteiger partial charge on any atom is 0.413 e. The summed E-state index contributed by atoms with van der Waals surface area (Å²) in [6, 6.07) is 14.0. The van der Waals surface area contributed by atoms with Crippen molar-refractivity contribution < 1.29 is 9.53 Å². The second kappa shape index (κ2) is 7.81. The molecule has 0 aliphatic rings. The third-order valence-corrected chi connectivity index (χ3v) is 3.34. The summed E-state index contributed by atoms with van der Waals surface area (Å²) < 4.78 is 5.22. The summed E-state index contributed by atoms with van der Waals surface area (Å²) in [6.45, 7) is 9.27. The van der Waals surface area contributed by atoms with Crippen molar-refractivity contribution >= 4 is 17.6 Å². The summed E-state index contributed by atoms with van der Waals surface area (Å²) in [5.74, 6) is 0.476. The van der Waals surface area contributed by atoms with Crippen molar-refractivity contribution in [2.45, 2.75) is 39.8 Å². The molecular weight excluding hydrogens is 302 g/mol. The van der Waals surface area contributed by atoms with E-state index < -0.39 is 11.7 Å². The molecule has 1 aromatic carbocycles. The van der Waals surface area contributed by atoms with Crippen molar-refractivity contribution in [3.63, 3.8) is 0 Å². The molecule has 1 N–H and O–H groups in total. The van der Waals surface area contributed by atoms with E-state index in [2.05, 4.69) is 34.3 Å². The van der Waals surface area contributed by atoms with Crippen molar-refractivity contribution in [3.8, 4) is 0 Å². The van der Waals surface area contributed by atoms with Gasteiger partial charge < -0.3 is 9.64 Å². The van der Waals surface area contributed by atoms with Crippen molar-refractivity contribution in [1.29, 1.82) is 0 Å². The molecule has 1 aromatic heterocycles. The van der Waals surface area contributed by atoms with Crippen LogP contribution in [0.3, 0.4) is 0 Å². The molecule has 0 saturated carbocycles. The molecule has 0 aliphatic carbocycles. The summed E-state index contributed by atoms with van der Waals surface area (Å²) in [7, 11) is 0. The minimum Gasteiger partial charge on any atom is -0.444 e. The summed E-state index contributed by atoms with van der Waals surface area (Å²) in [6.07, 6.45) is 1.26. The van der Waals surface area contributed by atoms with E-state index in [0.717, 1.165) is 18.8 Å². The Morgan fingerprint density at radius 2 is 1.88 bits per heavy atom. The molecule has 2 rings (SSSR count). The molecule has 128 valence electrons. The third-order valence-electron chi connectivity index (χ3n) is 3.34. The molecule has 1 heterocycles. The van der Waals surface area contributed by atoms with Gasteiger partial charge in [-0.3, -0.25) is 5.32 Å². The number of anilines is 2. The van der Waals surface area contributed by atoms with Gasteiger partial charge in [0.15, 0.2) is 0 Å². The minimum absolute atomic E-state index is 0.476. The molecule has 5 heteroatoms. The first-order chi connectivity index (χ1) is 11.4. The van der Waals surface area contributed by atoms with Gasteiger partial charge in [-0.2, -0.15) is 0 Å². The van der Waals surface area contributed by atoms with Crippen LogP contribution in [-0.4, -0.2) is 23.2 Å². The number of rotatable bonds is 5. The van der Waals surface area contributed by atoms with Crippen LogP contribution in [0.15, 0.2) is 48.7 Å². The van der Waals surface area contributed by atoms with Gasteiger partial charge in [0.25, 0.3) is 0 Å². The Morgan fingerprint density at radius 3 is 2.42 bits per heavy atom. The molecule has 0 saturated heterocycles. The van der Waals surface area contributed by atoms with Crippen molar-refractivity contribution in [2.75, 3.05) is 16.8 Å². The lowest BCUT2D eigenvalue weighted by molar-refractivity contribution is 0.0635. The molecule has 2 aromatic rings. The van der Waals surface area contributed by atoms with E-state index in [0.29, 0.717) is 5.82 Å². The van der Waals surface area contributed by atoms with Crippen LogP contribution in [0.25, 0.3) is 0 Å². The number of pyridine rings is 1. The number of nitrogens with one attached hydrogen (secondary N) is 1. The number of benzene rings is 1. The normalized spacial score (nSPS) is 11.0. The van der Waals surface area contributed by atoms with Crippen LogP contribution in [0.4, 0.5) is 16.3 Å². The summed E-state index contributed by atoms with van der Waals surface area (Å²) in [4.78, 5) is 18.3. The Hall–Kier alpha value is -2.56. The van der Waals surface area contributed by atoms with Crippen molar-refractivity contribution in [3.05, 3.63) is 54.2 Å². The van der Waals surface area contributed by atoms with Gasteiger partial charge in [0.1, 0.15) is 11.4 Å². The Kier molecular flexibility index (Phi) is 5.79. The second-order valence-electron chi connectivity index (χ2n) is 6.53. The maximum atomic E-state index is 11.8. The van der Waals surface area contributed by atoms with E-state index in [1.165, 1.54) is 5.56 Å². The highest BCUT2D eigenvalue weighted by Gasteiger charge is 2.16. The minimum atomic E-state index is -0.529. The van der Waals surface area contributed by atoms with E-state index in [1.54, 1.807) is 12.3 Å². The number of nitrogens with zero attached hydrogens (tertiary/aromatic N) is 2. The van der Waals surface area contributed by atoms with Gasteiger partial charge in [0.2, 0.25) is 0 Å². The summed E-state index contributed by atoms with van der Waals surface area (Å²) in [5, 5.41) is 2.64. The lowest BCUT2D eigenvalue weighted by atomic mass is 10.2. The highest BCUT2D eigenvalue weighted by Crippen LogP contribution is 2.18. The van der Waals surface area contributed by atoms with Crippen LogP contribution >= 0.6 is 0 Å². The highest BCUT2D eigenvalue weighted by atomic mass is 16.6. The molecule has 0 bridgehead atoms. The Morgan fingerprint density at radius 1 is 1.17 bits per heavy atom. The monoisotopic (exact) mass is 327 g/mol. The molecule has 0 fully saturated rings. The zero-order valence-electron chi connectivity index (χ0n) is 14.7. The Balaban J connectivity index is 2.00. The molecule has 5 nitrogen and oxygen atoms in total. The SMILES string of the molecule is CCN(Cc1ccccc1)c1ccc(NC(=O)OC(C)(C)C)nc1. The number of ether oxygens (including phenoxy) is 1. The molecular formula is C19H25N3O2. The van der Waals surface area contributed by atoms with Gasteiger partial charge in [-0.1, -0.05) is 30.3 Å². The van der Waals surface area contributed by atoms with Crippen LogP contribution in [-0.2, 0) is 11.3 Å². The molecule has 0 aliphatic heterocycles. The molecule has 0 unspecified atom stereocenters. The molecule has 0 atom stereocenters. The fourth-order valence-corrected chi connectivity index (χ4v) is 2.24. The fourth-order valence-electron chi connectivity index (χ4n) is 2.24. The van der Waals surface area contributed by atoms with Gasteiger partial charge >= 0.3 is 6.09 Å². The van der Waals surface area contributed by atoms with Crippen LogP contribution in [0.1, 0.15) is 33.3 Å². The van der Waals surface area contributed by atoms with Crippen molar-refractivity contribution in [1.82, 2.24) is 4.98 Å². The smallest absolute Gasteiger partial charge is 0.413 e. The van der Waals surface area contributed by atoms with Crippen LogP contribution in [0.5, 0.6) is 0 Å². The number of carbonyl (C=O) groups excluding carboxylic acids is 1. The van der Waals surface area contributed by atoms with E-state index in [9.17, 15) is 4.79 Å². The van der Waals surface area contributed by atoms with E-state index in [1.807, 2.05) is 45.0 Å². The first-order valence-corrected chi connectivity index (χ1v) is 8.12. The number of carbonyl (C=O) groups is 1. The number of aromatic nitrogens is 1. The van der Waals surface area contributed by atoms with E-state index >= 15 is 0 Å². The topological polar surface area (TPSA) is 54.5 Å². The third kappa shape index (κ3) is 5.57. The van der Waals surface area contributed by atoms with Crippen LogP contribution in [0.2, 0.25) is 0 Å². The number of amides is 1. The predicted octanol–water partition coefficient (Wildman–Crippen LogP) is 4.46. The number of hydrogen-bond donors (Lipinski definition) is 1. The van der Waals surface area contributed by atoms with Crippen LogP contribution < -0.4 is 10.2 Å². The van der Waals surface area contributed by atoms with Gasteiger partial charge in [0, 0.05) is 13.1 Å².